The molecule has 1 unspecified atom stereocenters. The number of carboxylic acid groups (broad SMARTS) is 1. The highest BCUT2D eigenvalue weighted by atomic mass is 16.5. The van der Waals surface area contributed by atoms with Crippen LogP contribution >= 0.6 is 0 Å². The molecule has 6 heteroatoms. The summed E-state index contributed by atoms with van der Waals surface area (Å²) in [4.78, 5) is 34.8. The maximum absolute atomic E-state index is 12.6. The Morgan fingerprint density at radius 3 is 1.57 bits per heavy atom. The van der Waals surface area contributed by atoms with Crippen molar-refractivity contribution in [1.29, 1.82) is 0 Å². The van der Waals surface area contributed by atoms with Gasteiger partial charge in [0.05, 0.1) is 0 Å². The van der Waals surface area contributed by atoms with Gasteiger partial charge in [-0.15, -0.1) is 0 Å². The number of allylic oxidation sites excluding steroid dienone is 15. The van der Waals surface area contributed by atoms with E-state index >= 15 is 0 Å². The van der Waals surface area contributed by atoms with Gasteiger partial charge in [-0.05, 0) is 96.0 Å². The van der Waals surface area contributed by atoms with E-state index in [9.17, 15) is 14.4 Å². The van der Waals surface area contributed by atoms with Crippen molar-refractivity contribution in [3.05, 3.63) is 97.2 Å². The Morgan fingerprint density at radius 1 is 0.549 bits per heavy atom. The van der Waals surface area contributed by atoms with Gasteiger partial charge >= 0.3 is 11.9 Å². The van der Waals surface area contributed by atoms with Crippen LogP contribution in [0, 0.1) is 0 Å². The first-order chi connectivity index (χ1) is 25.0. The molecule has 286 valence electrons. The molecular formula is C45H71NO5. The van der Waals surface area contributed by atoms with Crippen LogP contribution in [0.4, 0.5) is 0 Å². The second-order valence-electron chi connectivity index (χ2n) is 12.8. The van der Waals surface area contributed by atoms with Crippen LogP contribution in [0.1, 0.15) is 155 Å². The van der Waals surface area contributed by atoms with E-state index in [2.05, 4.69) is 110 Å². The van der Waals surface area contributed by atoms with E-state index in [0.717, 1.165) is 109 Å². The van der Waals surface area contributed by atoms with E-state index in [1.807, 2.05) is 6.08 Å². The minimum atomic E-state index is -1.04. The third kappa shape index (κ3) is 39.0. The Kier molecular flexibility index (Phi) is 36.3. The summed E-state index contributed by atoms with van der Waals surface area (Å²) in [6, 6.07) is 0. The molecule has 0 saturated heterocycles. The van der Waals surface area contributed by atoms with Gasteiger partial charge in [0.2, 0.25) is 5.91 Å². The highest BCUT2D eigenvalue weighted by Crippen LogP contribution is 2.14. The number of amides is 1. The molecule has 0 aromatic carbocycles. The number of carbonyl (C=O) groups is 3. The molecule has 1 amide bonds. The maximum Gasteiger partial charge on any atom is 0.322 e. The number of hydrogen-bond donors (Lipinski definition) is 2. The molecule has 6 nitrogen and oxygen atoms in total. The third-order valence-electron chi connectivity index (χ3n) is 7.97. The standard InChI is InChI=1S/C45H71NO5/c1-3-5-7-9-11-12-13-14-15-16-17-18-19-20-21-22-23-24-25-26-28-30-36-40-45(50)51-42(37-33-29-27-10-8-6-4-2)38-34-31-32-35-39-43(47)46-41-44(48)49/h5,7,10-12,14-15,17-18,20-21,23-24,27,33,37,42H,3-4,6,8-9,13,16,19,22,25-26,28-32,34-36,38-41H2,1-2H3,(H,46,47)(H,48,49)/b7-5-,12-11-,15-14-,18-17-,21-20-,24-23-,27-10-,37-33-. The zero-order chi connectivity index (χ0) is 37.3. The molecule has 0 aromatic rings. The zero-order valence-corrected chi connectivity index (χ0v) is 32.2. The molecule has 0 spiro atoms. The summed E-state index contributed by atoms with van der Waals surface area (Å²) in [5, 5.41) is 11.0. The second-order valence-corrected chi connectivity index (χ2v) is 12.8. The van der Waals surface area contributed by atoms with Crippen molar-refractivity contribution < 1.29 is 24.2 Å². The van der Waals surface area contributed by atoms with Crippen LogP contribution in [0.3, 0.4) is 0 Å². The lowest BCUT2D eigenvalue weighted by Crippen LogP contribution is -2.28. The number of nitrogens with one attached hydrogen (secondary N) is 1. The van der Waals surface area contributed by atoms with E-state index in [1.165, 1.54) is 12.8 Å². The van der Waals surface area contributed by atoms with E-state index in [4.69, 9.17) is 9.84 Å². The van der Waals surface area contributed by atoms with Crippen molar-refractivity contribution in [2.75, 3.05) is 6.54 Å². The molecule has 0 aliphatic carbocycles. The van der Waals surface area contributed by atoms with Gasteiger partial charge in [0.1, 0.15) is 12.6 Å². The minimum Gasteiger partial charge on any atom is -0.480 e. The predicted octanol–water partition coefficient (Wildman–Crippen LogP) is 12.2. The zero-order valence-electron chi connectivity index (χ0n) is 32.2. The number of hydrogen-bond acceptors (Lipinski definition) is 4. The SMILES string of the molecule is CC/C=C\C/C=C\C/C=C\C/C=C\C/C=C\C/C=C\CCCCCCC(=O)OC(/C=C\C/C=C\CCCC)CCCCCCC(=O)NCC(=O)O. The van der Waals surface area contributed by atoms with Gasteiger partial charge in [-0.1, -0.05) is 144 Å². The van der Waals surface area contributed by atoms with Crippen LogP contribution < -0.4 is 5.32 Å². The number of rotatable bonds is 34. The number of carbonyl (C=O) groups excluding carboxylic acids is 2. The van der Waals surface area contributed by atoms with Gasteiger partial charge in [-0.25, -0.2) is 0 Å². The smallest absolute Gasteiger partial charge is 0.322 e. The molecule has 0 aliphatic heterocycles. The van der Waals surface area contributed by atoms with Crippen LogP contribution in [0.5, 0.6) is 0 Å². The van der Waals surface area contributed by atoms with Crippen LogP contribution in [0.25, 0.3) is 0 Å². The molecule has 2 N–H and O–H groups in total. The van der Waals surface area contributed by atoms with Gasteiger partial charge in [0.25, 0.3) is 0 Å². The van der Waals surface area contributed by atoms with Crippen LogP contribution in [-0.2, 0) is 19.1 Å². The molecule has 0 saturated carbocycles. The molecular weight excluding hydrogens is 634 g/mol. The summed E-state index contributed by atoms with van der Waals surface area (Å²) in [5.41, 5.74) is 0. The van der Waals surface area contributed by atoms with Crippen molar-refractivity contribution in [3.8, 4) is 0 Å². The lowest BCUT2D eigenvalue weighted by atomic mass is 10.1. The van der Waals surface area contributed by atoms with Crippen LogP contribution in [-0.4, -0.2) is 35.6 Å². The van der Waals surface area contributed by atoms with Crippen LogP contribution in [0.2, 0.25) is 0 Å². The first-order valence-corrected chi connectivity index (χ1v) is 19.9. The molecule has 0 aliphatic rings. The third-order valence-corrected chi connectivity index (χ3v) is 7.97. The van der Waals surface area contributed by atoms with Gasteiger partial charge in [0, 0.05) is 12.8 Å². The molecule has 0 fully saturated rings. The number of aliphatic carboxylic acids is 1. The quantitative estimate of drug-likeness (QED) is 0.0395. The van der Waals surface area contributed by atoms with Crippen LogP contribution in [0.15, 0.2) is 97.2 Å². The summed E-state index contributed by atoms with van der Waals surface area (Å²) in [6.07, 6.45) is 55.5. The molecule has 0 radical (unpaired) electrons. The Balaban J connectivity index is 4.13. The lowest BCUT2D eigenvalue weighted by molar-refractivity contribution is -0.147. The first-order valence-electron chi connectivity index (χ1n) is 19.9. The van der Waals surface area contributed by atoms with Gasteiger partial charge in [-0.3, -0.25) is 14.4 Å². The Bertz CT molecular complexity index is 1090. The van der Waals surface area contributed by atoms with Crippen molar-refractivity contribution in [1.82, 2.24) is 5.32 Å². The summed E-state index contributed by atoms with van der Waals surface area (Å²) >= 11 is 0. The predicted molar refractivity (Wildman–Crippen MR) is 217 cm³/mol. The number of esters is 1. The Labute approximate surface area is 311 Å². The summed E-state index contributed by atoms with van der Waals surface area (Å²) in [6.45, 7) is 4.01. The fourth-order valence-corrected chi connectivity index (χ4v) is 5.04. The number of carboxylic acids is 1. The van der Waals surface area contributed by atoms with Crippen molar-refractivity contribution in [3.63, 3.8) is 0 Å². The first kappa shape index (κ1) is 47.3. The maximum atomic E-state index is 12.6. The molecule has 0 rings (SSSR count). The highest BCUT2D eigenvalue weighted by molar-refractivity contribution is 5.80. The molecule has 0 aromatic heterocycles. The van der Waals surface area contributed by atoms with Gasteiger partial charge < -0.3 is 15.2 Å². The lowest BCUT2D eigenvalue weighted by Gasteiger charge is -2.14. The monoisotopic (exact) mass is 706 g/mol. The second kappa shape index (κ2) is 39.1. The number of ether oxygens (including phenoxy) is 1. The van der Waals surface area contributed by atoms with E-state index in [1.54, 1.807) is 0 Å². The number of unbranched alkanes of at least 4 members (excludes halogenated alkanes) is 9. The fourth-order valence-electron chi connectivity index (χ4n) is 5.04. The average Bonchev–Trinajstić information content (AvgIpc) is 3.11. The van der Waals surface area contributed by atoms with E-state index in [-0.39, 0.29) is 24.5 Å². The summed E-state index contributed by atoms with van der Waals surface area (Å²) < 4.78 is 5.85. The normalized spacial score (nSPS) is 13.1. The minimum absolute atomic E-state index is 0.129. The fraction of sp³-hybridized carbons (Fsp3) is 0.578. The molecule has 0 bridgehead atoms. The average molecular weight is 706 g/mol. The Morgan fingerprint density at radius 2 is 1.02 bits per heavy atom. The highest BCUT2D eigenvalue weighted by Gasteiger charge is 2.11. The van der Waals surface area contributed by atoms with Gasteiger partial charge in [0.15, 0.2) is 0 Å². The summed E-state index contributed by atoms with van der Waals surface area (Å²) in [7, 11) is 0. The van der Waals surface area contributed by atoms with Crippen molar-refractivity contribution in [2.45, 2.75) is 161 Å². The molecule has 0 heterocycles. The topological polar surface area (TPSA) is 92.7 Å². The molecule has 1 atom stereocenters. The Hall–Kier alpha value is -3.67. The van der Waals surface area contributed by atoms with E-state index < -0.39 is 5.97 Å². The largest absolute Gasteiger partial charge is 0.480 e. The van der Waals surface area contributed by atoms with Crippen molar-refractivity contribution >= 4 is 17.8 Å². The van der Waals surface area contributed by atoms with E-state index in [0.29, 0.717) is 19.3 Å². The van der Waals surface area contributed by atoms with Crippen molar-refractivity contribution in [2.24, 2.45) is 0 Å². The van der Waals surface area contributed by atoms with Gasteiger partial charge in [-0.2, -0.15) is 0 Å². The summed E-state index contributed by atoms with van der Waals surface area (Å²) in [5.74, 6) is -1.40. The molecule has 51 heavy (non-hydrogen) atoms.